The lowest BCUT2D eigenvalue weighted by Gasteiger charge is -2.56. The zero-order valence-corrected chi connectivity index (χ0v) is 13.9. The molecule has 0 spiro atoms. The number of rotatable bonds is 4. The summed E-state index contributed by atoms with van der Waals surface area (Å²) in [4.78, 5) is 4.41. The van der Waals surface area contributed by atoms with E-state index in [2.05, 4.69) is 10.1 Å². The smallest absolute Gasteiger partial charge is 0.247 e. The van der Waals surface area contributed by atoms with Crippen LogP contribution in [-0.2, 0) is 10.3 Å². The van der Waals surface area contributed by atoms with Gasteiger partial charge in [0, 0.05) is 24.0 Å². The summed E-state index contributed by atoms with van der Waals surface area (Å²) in [5.41, 5.74) is 6.62. The molecule has 0 radical (unpaired) electrons. The number of nitrogens with zero attached hydrogens (tertiary/aromatic N) is 2. The fourth-order valence-electron chi connectivity index (χ4n) is 3.05. The van der Waals surface area contributed by atoms with Gasteiger partial charge in [-0.1, -0.05) is 31.1 Å². The Labute approximate surface area is 135 Å². The van der Waals surface area contributed by atoms with E-state index in [1.54, 1.807) is 19.1 Å². The van der Waals surface area contributed by atoms with Gasteiger partial charge in [0.25, 0.3) is 0 Å². The summed E-state index contributed by atoms with van der Waals surface area (Å²) in [6.07, 6.45) is 0.683. The van der Waals surface area contributed by atoms with Gasteiger partial charge in [-0.25, -0.2) is 4.39 Å². The van der Waals surface area contributed by atoms with Crippen molar-refractivity contribution in [2.24, 2.45) is 11.1 Å². The molecule has 2 N–H and O–H groups in total. The number of halogens is 1. The summed E-state index contributed by atoms with van der Waals surface area (Å²) in [5, 5.41) is 3.97. The van der Waals surface area contributed by atoms with Crippen LogP contribution in [0.3, 0.4) is 0 Å². The Bertz CT molecular complexity index is 728. The SMILES string of the molecule is CCOC1CC(N)(c2nc(-c3ccc(C)c(F)c3)no2)C1(C)C. The van der Waals surface area contributed by atoms with Gasteiger partial charge in [0.1, 0.15) is 11.4 Å². The maximum absolute atomic E-state index is 13.7. The van der Waals surface area contributed by atoms with Crippen molar-refractivity contribution in [3.8, 4) is 11.4 Å². The summed E-state index contributed by atoms with van der Waals surface area (Å²) in [5.74, 6) is 0.422. The van der Waals surface area contributed by atoms with E-state index in [1.165, 1.54) is 6.07 Å². The number of benzene rings is 1. The van der Waals surface area contributed by atoms with E-state index in [4.69, 9.17) is 15.0 Å². The van der Waals surface area contributed by atoms with Gasteiger partial charge < -0.3 is 15.0 Å². The topological polar surface area (TPSA) is 74.2 Å². The number of ether oxygens (including phenoxy) is 1. The molecule has 1 aliphatic rings. The molecule has 1 saturated carbocycles. The van der Waals surface area contributed by atoms with Crippen LogP contribution in [0.2, 0.25) is 0 Å². The standard InChI is InChI=1S/C17H22FN3O2/c1-5-22-13-9-17(19,16(13,3)4)15-20-14(21-23-15)11-7-6-10(2)12(18)8-11/h6-8,13H,5,9,19H2,1-4H3. The molecule has 0 saturated heterocycles. The van der Waals surface area contributed by atoms with Crippen molar-refractivity contribution in [2.75, 3.05) is 6.61 Å². The predicted octanol–water partition coefficient (Wildman–Crippen LogP) is 3.17. The molecule has 2 atom stereocenters. The molecule has 124 valence electrons. The second-order valence-corrected chi connectivity index (χ2v) is 6.73. The molecule has 2 unspecified atom stereocenters. The van der Waals surface area contributed by atoms with Crippen molar-refractivity contribution in [1.82, 2.24) is 10.1 Å². The minimum atomic E-state index is -0.735. The summed E-state index contributed by atoms with van der Waals surface area (Å²) < 4.78 is 24.8. The van der Waals surface area contributed by atoms with Gasteiger partial charge in [-0.05, 0) is 25.5 Å². The lowest BCUT2D eigenvalue weighted by molar-refractivity contribution is -0.162. The quantitative estimate of drug-likeness (QED) is 0.937. The van der Waals surface area contributed by atoms with E-state index in [-0.39, 0.29) is 17.3 Å². The number of hydrogen-bond acceptors (Lipinski definition) is 5. The van der Waals surface area contributed by atoms with E-state index in [0.717, 1.165) is 0 Å². The highest BCUT2D eigenvalue weighted by molar-refractivity contribution is 5.55. The highest BCUT2D eigenvalue weighted by Gasteiger charge is 2.62. The minimum Gasteiger partial charge on any atom is -0.378 e. The lowest BCUT2D eigenvalue weighted by atomic mass is 9.54. The average Bonchev–Trinajstić information content (AvgIpc) is 3.00. The Hall–Kier alpha value is -1.79. The Morgan fingerprint density at radius 3 is 2.78 bits per heavy atom. The third-order valence-electron chi connectivity index (χ3n) is 5.07. The summed E-state index contributed by atoms with van der Waals surface area (Å²) in [7, 11) is 0. The van der Waals surface area contributed by atoms with Crippen LogP contribution in [0, 0.1) is 18.2 Å². The van der Waals surface area contributed by atoms with E-state index in [1.807, 2.05) is 20.8 Å². The highest BCUT2D eigenvalue weighted by Crippen LogP contribution is 2.55. The van der Waals surface area contributed by atoms with E-state index in [9.17, 15) is 4.39 Å². The molecule has 2 aromatic rings. The fraction of sp³-hybridized carbons (Fsp3) is 0.529. The summed E-state index contributed by atoms with van der Waals surface area (Å²) in [6, 6.07) is 4.87. The number of aromatic nitrogens is 2. The van der Waals surface area contributed by atoms with E-state index in [0.29, 0.717) is 35.9 Å². The molecule has 1 aromatic heterocycles. The van der Waals surface area contributed by atoms with Crippen molar-refractivity contribution in [3.63, 3.8) is 0 Å². The Morgan fingerprint density at radius 2 is 2.17 bits per heavy atom. The van der Waals surface area contributed by atoms with Crippen LogP contribution in [0.5, 0.6) is 0 Å². The molecule has 6 heteroatoms. The molecule has 1 aromatic carbocycles. The van der Waals surface area contributed by atoms with E-state index < -0.39 is 5.54 Å². The van der Waals surface area contributed by atoms with Crippen molar-refractivity contribution in [1.29, 1.82) is 0 Å². The molecular weight excluding hydrogens is 297 g/mol. The maximum Gasteiger partial charge on any atom is 0.247 e. The van der Waals surface area contributed by atoms with Gasteiger partial charge in [-0.3, -0.25) is 0 Å². The maximum atomic E-state index is 13.7. The molecule has 5 nitrogen and oxygen atoms in total. The largest absolute Gasteiger partial charge is 0.378 e. The van der Waals surface area contributed by atoms with Crippen LogP contribution in [0.4, 0.5) is 4.39 Å². The molecule has 0 aliphatic heterocycles. The molecule has 1 fully saturated rings. The van der Waals surface area contributed by atoms with Gasteiger partial charge in [0.2, 0.25) is 11.7 Å². The van der Waals surface area contributed by atoms with Gasteiger partial charge in [-0.15, -0.1) is 0 Å². The van der Waals surface area contributed by atoms with Crippen molar-refractivity contribution in [3.05, 3.63) is 35.5 Å². The van der Waals surface area contributed by atoms with Gasteiger partial charge in [0.05, 0.1) is 6.10 Å². The van der Waals surface area contributed by atoms with Gasteiger partial charge >= 0.3 is 0 Å². The fourth-order valence-corrected chi connectivity index (χ4v) is 3.05. The molecule has 23 heavy (non-hydrogen) atoms. The van der Waals surface area contributed by atoms with Crippen LogP contribution in [0.25, 0.3) is 11.4 Å². The first-order valence-corrected chi connectivity index (χ1v) is 7.81. The molecule has 0 bridgehead atoms. The van der Waals surface area contributed by atoms with Crippen molar-refractivity contribution in [2.45, 2.75) is 45.8 Å². The Morgan fingerprint density at radius 1 is 1.43 bits per heavy atom. The average molecular weight is 319 g/mol. The van der Waals surface area contributed by atoms with Crippen LogP contribution in [-0.4, -0.2) is 22.9 Å². The van der Waals surface area contributed by atoms with Crippen LogP contribution in [0.15, 0.2) is 22.7 Å². The normalized spacial score (nSPS) is 26.1. The Balaban J connectivity index is 1.89. The van der Waals surface area contributed by atoms with Gasteiger partial charge in [-0.2, -0.15) is 4.98 Å². The van der Waals surface area contributed by atoms with Crippen molar-refractivity contribution < 1.29 is 13.7 Å². The second-order valence-electron chi connectivity index (χ2n) is 6.73. The Kier molecular flexibility index (Phi) is 3.77. The monoisotopic (exact) mass is 319 g/mol. The zero-order chi connectivity index (χ0) is 16.8. The molecular formula is C17H22FN3O2. The third-order valence-corrected chi connectivity index (χ3v) is 5.07. The molecule has 0 amide bonds. The zero-order valence-electron chi connectivity index (χ0n) is 13.9. The van der Waals surface area contributed by atoms with Crippen molar-refractivity contribution >= 4 is 0 Å². The third kappa shape index (κ3) is 2.37. The molecule has 1 aliphatic carbocycles. The van der Waals surface area contributed by atoms with Gasteiger partial charge in [0.15, 0.2) is 0 Å². The highest BCUT2D eigenvalue weighted by atomic mass is 19.1. The lowest BCUT2D eigenvalue weighted by Crippen LogP contribution is -2.67. The first-order chi connectivity index (χ1) is 10.8. The van der Waals surface area contributed by atoms with Crippen LogP contribution < -0.4 is 5.73 Å². The summed E-state index contributed by atoms with van der Waals surface area (Å²) >= 11 is 0. The van der Waals surface area contributed by atoms with Crippen LogP contribution >= 0.6 is 0 Å². The predicted molar refractivity (Wildman–Crippen MR) is 84.1 cm³/mol. The minimum absolute atomic E-state index is 0.0599. The second kappa shape index (κ2) is 5.39. The first-order valence-electron chi connectivity index (χ1n) is 7.81. The molecule has 1 heterocycles. The first kappa shape index (κ1) is 16.1. The molecule has 3 rings (SSSR count). The summed E-state index contributed by atoms with van der Waals surface area (Å²) in [6.45, 7) is 8.38. The van der Waals surface area contributed by atoms with Crippen LogP contribution in [0.1, 0.15) is 38.6 Å². The number of hydrogen-bond donors (Lipinski definition) is 1. The number of nitrogens with two attached hydrogens (primary N) is 1. The van der Waals surface area contributed by atoms with E-state index >= 15 is 0 Å². The number of aryl methyl sites for hydroxylation is 1.